The fraction of sp³-hybridized carbons (Fsp3) is 0.133. The zero-order chi connectivity index (χ0) is 15.5. The van der Waals surface area contributed by atoms with E-state index in [4.69, 9.17) is 5.73 Å². The normalized spacial score (nSPS) is 11.1. The molecule has 0 unspecified atom stereocenters. The fourth-order valence-electron chi connectivity index (χ4n) is 2.02. The van der Waals surface area contributed by atoms with Gasteiger partial charge in [0.25, 0.3) is 10.0 Å². The molecule has 2 aromatic rings. The van der Waals surface area contributed by atoms with Crippen LogP contribution in [0.2, 0.25) is 0 Å². The first-order valence-corrected chi connectivity index (χ1v) is 7.83. The van der Waals surface area contributed by atoms with Gasteiger partial charge in [-0.2, -0.15) is 0 Å². The van der Waals surface area contributed by atoms with Gasteiger partial charge in [0.1, 0.15) is 0 Å². The minimum absolute atomic E-state index is 0.0214. The maximum Gasteiger partial charge on any atom is 0.262 e. The van der Waals surface area contributed by atoms with Crippen LogP contribution < -0.4 is 10.5 Å². The molecule has 0 bridgehead atoms. The van der Waals surface area contributed by atoms with Gasteiger partial charge in [-0.15, -0.1) is 0 Å². The van der Waals surface area contributed by atoms with Crippen LogP contribution in [0.1, 0.15) is 11.1 Å². The molecule has 0 aliphatic rings. The number of aryl methyl sites for hydroxylation is 1. The van der Waals surface area contributed by atoms with Gasteiger partial charge in [0.2, 0.25) is 5.91 Å². The van der Waals surface area contributed by atoms with Crippen LogP contribution in [0, 0.1) is 6.92 Å². The van der Waals surface area contributed by atoms with E-state index in [9.17, 15) is 13.2 Å². The lowest BCUT2D eigenvalue weighted by Crippen LogP contribution is -2.18. The Labute approximate surface area is 123 Å². The lowest BCUT2D eigenvalue weighted by Gasteiger charge is -2.13. The Hall–Kier alpha value is -2.34. The van der Waals surface area contributed by atoms with Gasteiger partial charge in [-0.05, 0) is 30.2 Å². The molecule has 0 fully saturated rings. The lowest BCUT2D eigenvalue weighted by molar-refractivity contribution is -0.117. The summed E-state index contributed by atoms with van der Waals surface area (Å²) in [6.07, 6.45) is -0.0214. The third-order valence-electron chi connectivity index (χ3n) is 3.01. The zero-order valence-corrected chi connectivity index (χ0v) is 12.4. The van der Waals surface area contributed by atoms with Crippen LogP contribution in [-0.2, 0) is 21.2 Å². The number of carbonyl (C=O) groups is 1. The number of carbonyl (C=O) groups excluding carboxylic acids is 1. The van der Waals surface area contributed by atoms with Crippen LogP contribution in [0.15, 0.2) is 53.4 Å². The van der Waals surface area contributed by atoms with Crippen LogP contribution in [0.4, 0.5) is 5.69 Å². The highest BCUT2D eigenvalue weighted by Crippen LogP contribution is 2.22. The van der Waals surface area contributed by atoms with Gasteiger partial charge < -0.3 is 5.73 Å². The first kappa shape index (κ1) is 15.1. The van der Waals surface area contributed by atoms with E-state index in [0.29, 0.717) is 16.8 Å². The standard InChI is InChI=1S/C15H16N2O3S/c1-11-6-2-5-9-14(11)21(19,20)17-13-8-4-3-7-12(13)10-15(16)18/h2-9,17H,10H2,1H3,(H2,16,18). The summed E-state index contributed by atoms with van der Waals surface area (Å²) < 4.78 is 27.4. The molecule has 0 radical (unpaired) electrons. The minimum atomic E-state index is -3.70. The first-order valence-electron chi connectivity index (χ1n) is 6.35. The van der Waals surface area contributed by atoms with Gasteiger partial charge in [0.05, 0.1) is 17.0 Å². The number of nitrogens with two attached hydrogens (primary N) is 1. The molecule has 0 aliphatic carbocycles. The van der Waals surface area contributed by atoms with Crippen molar-refractivity contribution in [3.63, 3.8) is 0 Å². The summed E-state index contributed by atoms with van der Waals surface area (Å²) in [6.45, 7) is 1.73. The van der Waals surface area contributed by atoms with Gasteiger partial charge in [0, 0.05) is 0 Å². The van der Waals surface area contributed by atoms with Crippen molar-refractivity contribution in [2.45, 2.75) is 18.2 Å². The second kappa shape index (κ2) is 5.97. The van der Waals surface area contributed by atoms with Crippen molar-refractivity contribution in [1.29, 1.82) is 0 Å². The van der Waals surface area contributed by atoms with Gasteiger partial charge in [-0.25, -0.2) is 8.42 Å². The smallest absolute Gasteiger partial charge is 0.262 e. The molecule has 6 heteroatoms. The number of benzene rings is 2. The average Bonchev–Trinajstić information content (AvgIpc) is 2.40. The Morgan fingerprint density at radius 1 is 1.10 bits per heavy atom. The Balaban J connectivity index is 2.38. The number of rotatable bonds is 5. The van der Waals surface area contributed by atoms with Gasteiger partial charge in [0.15, 0.2) is 0 Å². The predicted molar refractivity (Wildman–Crippen MR) is 81.3 cm³/mol. The maximum absolute atomic E-state index is 12.4. The van der Waals surface area contributed by atoms with E-state index in [0.717, 1.165) is 0 Å². The Morgan fingerprint density at radius 3 is 2.38 bits per heavy atom. The average molecular weight is 304 g/mol. The third-order valence-corrected chi connectivity index (χ3v) is 4.54. The van der Waals surface area contributed by atoms with Crippen LogP contribution in [0.25, 0.3) is 0 Å². The lowest BCUT2D eigenvalue weighted by atomic mass is 10.1. The SMILES string of the molecule is Cc1ccccc1S(=O)(=O)Nc1ccccc1CC(N)=O. The summed E-state index contributed by atoms with van der Waals surface area (Å²) in [5.41, 5.74) is 6.73. The van der Waals surface area contributed by atoms with E-state index < -0.39 is 15.9 Å². The monoisotopic (exact) mass is 304 g/mol. The number of nitrogens with one attached hydrogen (secondary N) is 1. The molecule has 0 saturated heterocycles. The molecule has 0 heterocycles. The number of primary amides is 1. The van der Waals surface area contributed by atoms with E-state index in [1.54, 1.807) is 49.4 Å². The Bertz CT molecular complexity index is 770. The van der Waals surface area contributed by atoms with Crippen LogP contribution in [-0.4, -0.2) is 14.3 Å². The van der Waals surface area contributed by atoms with E-state index in [-0.39, 0.29) is 11.3 Å². The molecule has 2 rings (SSSR count). The molecule has 0 spiro atoms. The van der Waals surface area contributed by atoms with Crippen molar-refractivity contribution in [1.82, 2.24) is 0 Å². The molecule has 0 aliphatic heterocycles. The maximum atomic E-state index is 12.4. The highest BCUT2D eigenvalue weighted by molar-refractivity contribution is 7.92. The van der Waals surface area contributed by atoms with E-state index >= 15 is 0 Å². The number of anilines is 1. The second-order valence-corrected chi connectivity index (χ2v) is 6.32. The molecule has 5 nitrogen and oxygen atoms in total. The number of para-hydroxylation sites is 1. The topological polar surface area (TPSA) is 89.3 Å². The Morgan fingerprint density at radius 2 is 1.71 bits per heavy atom. The quantitative estimate of drug-likeness (QED) is 0.883. The molecule has 0 aromatic heterocycles. The molecular weight excluding hydrogens is 288 g/mol. The van der Waals surface area contributed by atoms with Crippen molar-refractivity contribution in [3.05, 3.63) is 59.7 Å². The number of hydrogen-bond donors (Lipinski definition) is 2. The summed E-state index contributed by atoms with van der Waals surface area (Å²) in [5.74, 6) is -0.516. The van der Waals surface area contributed by atoms with Gasteiger partial charge in [-0.3, -0.25) is 9.52 Å². The second-order valence-electron chi connectivity index (χ2n) is 4.67. The first-order chi connectivity index (χ1) is 9.90. The fourth-order valence-corrected chi connectivity index (χ4v) is 3.37. The molecule has 2 aromatic carbocycles. The zero-order valence-electron chi connectivity index (χ0n) is 11.5. The third kappa shape index (κ3) is 3.61. The highest BCUT2D eigenvalue weighted by atomic mass is 32.2. The van der Waals surface area contributed by atoms with E-state index in [1.165, 1.54) is 6.07 Å². The van der Waals surface area contributed by atoms with Crippen molar-refractivity contribution in [3.8, 4) is 0 Å². The number of amides is 1. The molecule has 3 N–H and O–H groups in total. The molecule has 0 saturated carbocycles. The highest BCUT2D eigenvalue weighted by Gasteiger charge is 2.18. The number of sulfonamides is 1. The molecule has 110 valence electrons. The van der Waals surface area contributed by atoms with Crippen LogP contribution >= 0.6 is 0 Å². The van der Waals surface area contributed by atoms with Gasteiger partial charge in [-0.1, -0.05) is 36.4 Å². The summed E-state index contributed by atoms with van der Waals surface area (Å²) in [5, 5.41) is 0. The molecule has 1 amide bonds. The summed E-state index contributed by atoms with van der Waals surface area (Å²) in [7, 11) is -3.70. The predicted octanol–water partition coefficient (Wildman–Crippen LogP) is 1.82. The molecular formula is C15H16N2O3S. The van der Waals surface area contributed by atoms with E-state index in [1.807, 2.05) is 0 Å². The number of hydrogen-bond acceptors (Lipinski definition) is 3. The van der Waals surface area contributed by atoms with Crippen LogP contribution in [0.5, 0.6) is 0 Å². The minimum Gasteiger partial charge on any atom is -0.369 e. The molecule has 21 heavy (non-hydrogen) atoms. The summed E-state index contributed by atoms with van der Waals surface area (Å²) in [6, 6.07) is 13.4. The van der Waals surface area contributed by atoms with Gasteiger partial charge >= 0.3 is 0 Å². The van der Waals surface area contributed by atoms with Crippen molar-refractivity contribution in [2.75, 3.05) is 4.72 Å². The van der Waals surface area contributed by atoms with Crippen molar-refractivity contribution >= 4 is 21.6 Å². The largest absolute Gasteiger partial charge is 0.369 e. The van der Waals surface area contributed by atoms with Crippen molar-refractivity contribution < 1.29 is 13.2 Å². The van der Waals surface area contributed by atoms with Crippen molar-refractivity contribution in [2.24, 2.45) is 5.73 Å². The van der Waals surface area contributed by atoms with Crippen LogP contribution in [0.3, 0.4) is 0 Å². The summed E-state index contributed by atoms with van der Waals surface area (Å²) in [4.78, 5) is 11.3. The molecule has 0 atom stereocenters. The van der Waals surface area contributed by atoms with E-state index in [2.05, 4.69) is 4.72 Å². The Kier molecular flexibility index (Phi) is 4.28. The summed E-state index contributed by atoms with van der Waals surface area (Å²) >= 11 is 0.